The Labute approximate surface area is 176 Å². The smallest absolute Gasteiger partial charge is 0.316 e. The van der Waals surface area contributed by atoms with Crippen molar-refractivity contribution in [3.8, 4) is 6.07 Å². The van der Waals surface area contributed by atoms with E-state index in [1.165, 1.54) is 11.8 Å². The van der Waals surface area contributed by atoms with Crippen LogP contribution in [0.25, 0.3) is 0 Å². The number of rotatable bonds is 7. The summed E-state index contributed by atoms with van der Waals surface area (Å²) < 4.78 is 16.8. The SMILES string of the molecule is CCCCOC(=O)CSc1nc(N2CCOCC2)c2c(c1C#N)CC(C)(C)OC2. The highest BCUT2D eigenvalue weighted by Crippen LogP contribution is 2.38. The Morgan fingerprint density at radius 2 is 2.10 bits per heavy atom. The number of unbranched alkanes of at least 4 members (excludes halogenated alkanes) is 1. The predicted octanol–water partition coefficient (Wildman–Crippen LogP) is 3.08. The van der Waals surface area contributed by atoms with Gasteiger partial charge in [0.25, 0.3) is 0 Å². The van der Waals surface area contributed by atoms with Crippen LogP contribution in [0.3, 0.4) is 0 Å². The van der Waals surface area contributed by atoms with E-state index in [0.29, 0.717) is 43.4 Å². The lowest BCUT2D eigenvalue weighted by atomic mass is 9.89. The Balaban J connectivity index is 1.90. The van der Waals surface area contributed by atoms with Crippen molar-refractivity contribution in [1.82, 2.24) is 4.98 Å². The molecule has 8 heteroatoms. The molecule has 0 aromatic carbocycles. The van der Waals surface area contributed by atoms with Crippen molar-refractivity contribution >= 4 is 23.5 Å². The first kappa shape index (κ1) is 21.9. The summed E-state index contributed by atoms with van der Waals surface area (Å²) in [4.78, 5) is 19.1. The van der Waals surface area contributed by atoms with E-state index < -0.39 is 0 Å². The number of esters is 1. The molecule has 3 rings (SSSR count). The van der Waals surface area contributed by atoms with E-state index in [0.717, 1.165) is 42.9 Å². The van der Waals surface area contributed by atoms with Crippen LogP contribution >= 0.6 is 11.8 Å². The van der Waals surface area contributed by atoms with E-state index >= 15 is 0 Å². The minimum atomic E-state index is -0.344. The molecule has 158 valence electrons. The maximum Gasteiger partial charge on any atom is 0.316 e. The van der Waals surface area contributed by atoms with Gasteiger partial charge in [-0.15, -0.1) is 0 Å². The van der Waals surface area contributed by atoms with Crippen molar-refractivity contribution in [2.75, 3.05) is 43.6 Å². The number of thioether (sulfide) groups is 1. The molecule has 0 radical (unpaired) electrons. The maximum atomic E-state index is 12.1. The van der Waals surface area contributed by atoms with Gasteiger partial charge < -0.3 is 19.1 Å². The molecular weight excluding hydrogens is 390 g/mol. The van der Waals surface area contributed by atoms with E-state index in [1.807, 2.05) is 13.8 Å². The summed E-state index contributed by atoms with van der Waals surface area (Å²) in [5.74, 6) is 0.718. The van der Waals surface area contributed by atoms with Gasteiger partial charge in [-0.2, -0.15) is 5.26 Å². The number of hydrogen-bond acceptors (Lipinski definition) is 8. The van der Waals surface area contributed by atoms with Gasteiger partial charge in [-0.05, 0) is 25.8 Å². The fourth-order valence-corrected chi connectivity index (χ4v) is 4.28. The lowest BCUT2D eigenvalue weighted by Crippen LogP contribution is -2.39. The first-order valence-electron chi connectivity index (χ1n) is 10.2. The number of aromatic nitrogens is 1. The average molecular weight is 420 g/mol. The molecule has 2 aliphatic rings. The Morgan fingerprint density at radius 3 is 2.79 bits per heavy atom. The van der Waals surface area contributed by atoms with Crippen LogP contribution in [0, 0.1) is 11.3 Å². The summed E-state index contributed by atoms with van der Waals surface area (Å²) in [6.07, 6.45) is 2.47. The summed E-state index contributed by atoms with van der Waals surface area (Å²) in [6.45, 7) is 9.77. The van der Waals surface area contributed by atoms with Crippen molar-refractivity contribution < 1.29 is 19.0 Å². The molecule has 1 aromatic rings. The second-order valence-electron chi connectivity index (χ2n) is 7.87. The largest absolute Gasteiger partial charge is 0.465 e. The molecule has 29 heavy (non-hydrogen) atoms. The summed E-state index contributed by atoms with van der Waals surface area (Å²) in [7, 11) is 0. The van der Waals surface area contributed by atoms with Gasteiger partial charge in [-0.3, -0.25) is 4.79 Å². The molecular formula is C21H29N3O4S. The van der Waals surface area contributed by atoms with E-state index in [-0.39, 0.29) is 17.3 Å². The summed E-state index contributed by atoms with van der Waals surface area (Å²) in [5, 5.41) is 10.5. The van der Waals surface area contributed by atoms with E-state index in [2.05, 4.69) is 17.9 Å². The van der Waals surface area contributed by atoms with Gasteiger partial charge in [-0.25, -0.2) is 4.98 Å². The quantitative estimate of drug-likeness (QED) is 0.379. The minimum absolute atomic E-state index is 0.145. The topological polar surface area (TPSA) is 84.7 Å². The number of morpholine rings is 1. The molecule has 0 unspecified atom stereocenters. The highest BCUT2D eigenvalue weighted by atomic mass is 32.2. The zero-order valence-corrected chi connectivity index (χ0v) is 18.3. The number of nitriles is 1. The van der Waals surface area contributed by atoms with Gasteiger partial charge in [0.05, 0.1) is 43.3 Å². The number of fused-ring (bicyclic) bond motifs is 1. The fourth-order valence-electron chi connectivity index (χ4n) is 3.48. The molecule has 0 N–H and O–H groups in total. The van der Waals surface area contributed by atoms with Gasteiger partial charge in [0, 0.05) is 25.1 Å². The number of carbonyl (C=O) groups excluding carboxylic acids is 1. The number of hydrogen-bond donors (Lipinski definition) is 0. The molecule has 0 spiro atoms. The fraction of sp³-hybridized carbons (Fsp3) is 0.667. The molecule has 0 bridgehead atoms. The van der Waals surface area contributed by atoms with Crippen LogP contribution in [0.1, 0.15) is 50.3 Å². The number of anilines is 1. The number of nitrogens with zero attached hydrogens (tertiary/aromatic N) is 3. The summed E-state index contributed by atoms with van der Waals surface area (Å²) in [5.41, 5.74) is 2.18. The van der Waals surface area contributed by atoms with Crippen LogP contribution in [0.2, 0.25) is 0 Å². The van der Waals surface area contributed by atoms with Gasteiger partial charge in [0.1, 0.15) is 16.9 Å². The standard InChI is InChI=1S/C21H29N3O4S/c1-4-5-8-27-18(25)14-29-20-16(12-22)15-11-21(2,3)28-13-17(15)19(23-20)24-6-9-26-10-7-24/h4-11,13-14H2,1-3H3. The lowest BCUT2D eigenvalue weighted by molar-refractivity contribution is -0.140. The number of ether oxygens (including phenoxy) is 3. The van der Waals surface area contributed by atoms with Crippen LogP contribution < -0.4 is 4.90 Å². The second-order valence-corrected chi connectivity index (χ2v) is 8.84. The third kappa shape index (κ3) is 5.41. The van der Waals surface area contributed by atoms with Gasteiger partial charge in [0.2, 0.25) is 0 Å². The van der Waals surface area contributed by atoms with Crippen molar-refractivity contribution in [3.63, 3.8) is 0 Å². The zero-order chi connectivity index (χ0) is 20.9. The molecule has 1 fully saturated rings. The van der Waals surface area contributed by atoms with E-state index in [1.54, 1.807) is 0 Å². The van der Waals surface area contributed by atoms with Crippen molar-refractivity contribution in [2.24, 2.45) is 0 Å². The van der Waals surface area contributed by atoms with Gasteiger partial charge >= 0.3 is 5.97 Å². The lowest BCUT2D eigenvalue weighted by Gasteiger charge is -2.36. The Bertz CT molecular complexity index is 785. The summed E-state index contributed by atoms with van der Waals surface area (Å²) >= 11 is 1.28. The van der Waals surface area contributed by atoms with Crippen LogP contribution in [0.5, 0.6) is 0 Å². The Hall–Kier alpha value is -1.82. The van der Waals surface area contributed by atoms with E-state index in [9.17, 15) is 10.1 Å². The minimum Gasteiger partial charge on any atom is -0.465 e. The first-order valence-corrected chi connectivity index (χ1v) is 11.1. The molecule has 0 amide bonds. The molecule has 7 nitrogen and oxygen atoms in total. The molecule has 2 aliphatic heterocycles. The first-order chi connectivity index (χ1) is 13.9. The van der Waals surface area contributed by atoms with Crippen molar-refractivity contribution in [2.45, 2.75) is 57.3 Å². The third-order valence-electron chi connectivity index (χ3n) is 5.08. The molecule has 1 saturated heterocycles. The highest BCUT2D eigenvalue weighted by Gasteiger charge is 2.33. The normalized spacial score (nSPS) is 18.1. The van der Waals surface area contributed by atoms with Crippen molar-refractivity contribution in [3.05, 3.63) is 16.7 Å². The van der Waals surface area contributed by atoms with E-state index in [4.69, 9.17) is 19.2 Å². The average Bonchev–Trinajstić information content (AvgIpc) is 2.71. The van der Waals surface area contributed by atoms with Crippen molar-refractivity contribution in [1.29, 1.82) is 5.26 Å². The monoisotopic (exact) mass is 419 g/mol. The van der Waals surface area contributed by atoms with Gasteiger partial charge in [-0.1, -0.05) is 25.1 Å². The summed E-state index contributed by atoms with van der Waals surface area (Å²) in [6, 6.07) is 2.33. The molecule has 0 saturated carbocycles. The predicted molar refractivity (Wildman–Crippen MR) is 111 cm³/mol. The van der Waals surface area contributed by atoms with Gasteiger partial charge in [0.15, 0.2) is 0 Å². The second kappa shape index (κ2) is 9.79. The molecule has 1 aromatic heterocycles. The maximum absolute atomic E-state index is 12.1. The Morgan fingerprint density at radius 1 is 1.34 bits per heavy atom. The number of pyridine rings is 1. The highest BCUT2D eigenvalue weighted by molar-refractivity contribution is 7.99. The molecule has 0 aliphatic carbocycles. The molecule has 3 heterocycles. The van der Waals surface area contributed by atoms with Crippen LogP contribution in [0.15, 0.2) is 5.03 Å². The third-order valence-corrected chi connectivity index (χ3v) is 6.03. The zero-order valence-electron chi connectivity index (χ0n) is 17.5. The van der Waals surface area contributed by atoms with Crippen LogP contribution in [-0.2, 0) is 32.0 Å². The molecule has 0 atom stereocenters. The van der Waals surface area contributed by atoms with Crippen LogP contribution in [-0.4, -0.2) is 55.2 Å². The van der Waals surface area contributed by atoms with Crippen LogP contribution in [0.4, 0.5) is 5.82 Å². The number of carbonyl (C=O) groups is 1. The Kier molecular flexibility index (Phi) is 7.38.